The van der Waals surface area contributed by atoms with Crippen LogP contribution in [0.5, 0.6) is 0 Å². The van der Waals surface area contributed by atoms with Gasteiger partial charge in [-0.1, -0.05) is 11.6 Å². The number of rotatable bonds is 3. The summed E-state index contributed by atoms with van der Waals surface area (Å²) in [4.78, 5) is 1.15. The van der Waals surface area contributed by atoms with E-state index in [0.717, 1.165) is 15.6 Å². The summed E-state index contributed by atoms with van der Waals surface area (Å²) in [7, 11) is 3.92. The Balaban J connectivity index is 2.53. The molecule has 0 saturated carbocycles. The lowest BCUT2D eigenvalue weighted by atomic mass is 10.0. The van der Waals surface area contributed by atoms with Crippen molar-refractivity contribution in [2.45, 2.75) is 19.9 Å². The van der Waals surface area contributed by atoms with E-state index in [9.17, 15) is 0 Å². The molecule has 0 aliphatic rings. The van der Waals surface area contributed by atoms with Crippen LogP contribution in [0.1, 0.15) is 27.9 Å². The SMILES string of the molecule is CNC(c1sccc1Cl)c1c(C)nn(C)c1C. The molecule has 0 amide bonds. The van der Waals surface area contributed by atoms with Gasteiger partial charge in [0.25, 0.3) is 0 Å². The van der Waals surface area contributed by atoms with Crippen molar-refractivity contribution in [2.24, 2.45) is 7.05 Å². The molecular formula is C12H16ClN3S. The zero-order valence-electron chi connectivity index (χ0n) is 10.4. The van der Waals surface area contributed by atoms with E-state index in [1.807, 2.05) is 37.1 Å². The van der Waals surface area contributed by atoms with Crippen molar-refractivity contribution in [3.63, 3.8) is 0 Å². The highest BCUT2D eigenvalue weighted by molar-refractivity contribution is 7.10. The Hall–Kier alpha value is -0.840. The van der Waals surface area contributed by atoms with Crippen LogP contribution in [0, 0.1) is 13.8 Å². The fourth-order valence-corrected chi connectivity index (χ4v) is 3.41. The standard InChI is InChI=1S/C12H16ClN3S/c1-7-10(8(2)16(4)15-7)11(14-3)12-9(13)5-6-17-12/h5-6,11,14H,1-4H3. The molecule has 0 aliphatic heterocycles. The molecule has 0 spiro atoms. The zero-order valence-corrected chi connectivity index (χ0v) is 12.0. The van der Waals surface area contributed by atoms with Gasteiger partial charge in [-0.25, -0.2) is 0 Å². The summed E-state index contributed by atoms with van der Waals surface area (Å²) < 4.78 is 1.91. The monoisotopic (exact) mass is 269 g/mol. The molecule has 0 aromatic carbocycles. The lowest BCUT2D eigenvalue weighted by molar-refractivity contribution is 0.688. The zero-order chi connectivity index (χ0) is 12.6. The van der Waals surface area contributed by atoms with Gasteiger partial charge in [-0.3, -0.25) is 4.68 Å². The number of thiophene rings is 1. The predicted molar refractivity (Wildman–Crippen MR) is 72.9 cm³/mol. The van der Waals surface area contributed by atoms with Crippen molar-refractivity contribution in [2.75, 3.05) is 7.05 Å². The van der Waals surface area contributed by atoms with Crippen molar-refractivity contribution < 1.29 is 0 Å². The molecule has 1 atom stereocenters. The molecule has 1 unspecified atom stereocenters. The van der Waals surface area contributed by atoms with Crippen LogP contribution in [0.3, 0.4) is 0 Å². The van der Waals surface area contributed by atoms with Crippen molar-refractivity contribution in [3.05, 3.63) is 38.3 Å². The van der Waals surface area contributed by atoms with Crippen LogP contribution < -0.4 is 5.32 Å². The smallest absolute Gasteiger partial charge is 0.0720 e. The Morgan fingerprint density at radius 3 is 2.59 bits per heavy atom. The van der Waals surface area contributed by atoms with Gasteiger partial charge in [0.05, 0.1) is 16.8 Å². The number of nitrogens with one attached hydrogen (secondary N) is 1. The van der Waals surface area contributed by atoms with Crippen LogP contribution in [0.25, 0.3) is 0 Å². The molecule has 3 nitrogen and oxygen atoms in total. The first-order chi connectivity index (χ1) is 8.06. The van der Waals surface area contributed by atoms with Crippen LogP contribution in [-0.4, -0.2) is 16.8 Å². The summed E-state index contributed by atoms with van der Waals surface area (Å²) in [5, 5.41) is 10.6. The van der Waals surface area contributed by atoms with Gasteiger partial charge < -0.3 is 5.32 Å². The fourth-order valence-electron chi connectivity index (χ4n) is 2.13. The van der Waals surface area contributed by atoms with E-state index in [-0.39, 0.29) is 6.04 Å². The fraction of sp³-hybridized carbons (Fsp3) is 0.417. The van der Waals surface area contributed by atoms with Crippen LogP contribution in [0.4, 0.5) is 0 Å². The molecule has 2 aromatic rings. The molecule has 0 radical (unpaired) electrons. The molecule has 2 rings (SSSR count). The number of halogens is 1. The molecule has 0 fully saturated rings. The number of nitrogens with zero attached hydrogens (tertiary/aromatic N) is 2. The number of hydrogen-bond donors (Lipinski definition) is 1. The molecule has 5 heteroatoms. The van der Waals surface area contributed by atoms with Gasteiger partial charge in [-0.05, 0) is 32.3 Å². The molecule has 92 valence electrons. The minimum atomic E-state index is 0.121. The Morgan fingerprint density at radius 1 is 1.47 bits per heavy atom. The highest BCUT2D eigenvalue weighted by Crippen LogP contribution is 2.35. The van der Waals surface area contributed by atoms with Gasteiger partial charge in [0.1, 0.15) is 0 Å². The normalized spacial score (nSPS) is 13.0. The number of hydrogen-bond acceptors (Lipinski definition) is 3. The van der Waals surface area contributed by atoms with E-state index in [1.165, 1.54) is 11.3 Å². The molecular weight excluding hydrogens is 254 g/mol. The van der Waals surface area contributed by atoms with Gasteiger partial charge in [-0.15, -0.1) is 11.3 Å². The van der Waals surface area contributed by atoms with Crippen molar-refractivity contribution >= 4 is 22.9 Å². The Kier molecular flexibility index (Phi) is 3.56. The summed E-state index contributed by atoms with van der Waals surface area (Å²) in [6, 6.07) is 2.06. The Bertz CT molecular complexity index is 530. The highest BCUT2D eigenvalue weighted by atomic mass is 35.5. The molecule has 0 aliphatic carbocycles. The maximum absolute atomic E-state index is 6.22. The second-order valence-electron chi connectivity index (χ2n) is 4.06. The first kappa shape index (κ1) is 12.6. The third-order valence-corrected chi connectivity index (χ3v) is 4.47. The molecule has 2 heterocycles. The molecule has 0 saturated heterocycles. The van der Waals surface area contributed by atoms with E-state index < -0.39 is 0 Å². The third kappa shape index (κ3) is 2.12. The van der Waals surface area contributed by atoms with E-state index in [0.29, 0.717) is 0 Å². The predicted octanol–water partition coefficient (Wildman–Crippen LogP) is 3.06. The number of aryl methyl sites for hydroxylation is 2. The van der Waals surface area contributed by atoms with Crippen LogP contribution in [0.2, 0.25) is 5.02 Å². The molecule has 17 heavy (non-hydrogen) atoms. The molecule has 2 aromatic heterocycles. The average Bonchev–Trinajstić information content (AvgIpc) is 2.79. The molecule has 0 bridgehead atoms. The van der Waals surface area contributed by atoms with Crippen molar-refractivity contribution in [1.82, 2.24) is 15.1 Å². The van der Waals surface area contributed by atoms with Gasteiger partial charge >= 0.3 is 0 Å². The quantitative estimate of drug-likeness (QED) is 0.928. The second-order valence-corrected chi connectivity index (χ2v) is 5.42. The van der Waals surface area contributed by atoms with E-state index >= 15 is 0 Å². The Morgan fingerprint density at radius 2 is 2.18 bits per heavy atom. The first-order valence-electron chi connectivity index (χ1n) is 5.46. The summed E-state index contributed by atoms with van der Waals surface area (Å²) in [5.41, 5.74) is 3.44. The molecule has 1 N–H and O–H groups in total. The van der Waals surface area contributed by atoms with Crippen molar-refractivity contribution in [3.8, 4) is 0 Å². The largest absolute Gasteiger partial charge is 0.309 e. The average molecular weight is 270 g/mol. The minimum Gasteiger partial charge on any atom is -0.309 e. The van der Waals surface area contributed by atoms with E-state index in [4.69, 9.17) is 11.6 Å². The Labute approximate surface area is 110 Å². The lowest BCUT2D eigenvalue weighted by Gasteiger charge is -2.16. The van der Waals surface area contributed by atoms with E-state index in [2.05, 4.69) is 17.3 Å². The van der Waals surface area contributed by atoms with Gasteiger partial charge in [0.15, 0.2) is 0 Å². The maximum Gasteiger partial charge on any atom is 0.0720 e. The highest BCUT2D eigenvalue weighted by Gasteiger charge is 2.23. The first-order valence-corrected chi connectivity index (χ1v) is 6.72. The number of aromatic nitrogens is 2. The minimum absolute atomic E-state index is 0.121. The summed E-state index contributed by atoms with van der Waals surface area (Å²) in [6.45, 7) is 4.12. The van der Waals surface area contributed by atoms with Crippen molar-refractivity contribution in [1.29, 1.82) is 0 Å². The topological polar surface area (TPSA) is 29.9 Å². The van der Waals surface area contributed by atoms with Crippen LogP contribution >= 0.6 is 22.9 Å². The van der Waals surface area contributed by atoms with Gasteiger partial charge in [-0.2, -0.15) is 5.10 Å². The summed E-state index contributed by atoms with van der Waals surface area (Å²) in [6.07, 6.45) is 0. The van der Waals surface area contributed by atoms with Crippen LogP contribution in [-0.2, 0) is 7.05 Å². The van der Waals surface area contributed by atoms with E-state index in [1.54, 1.807) is 11.3 Å². The second kappa shape index (κ2) is 4.80. The summed E-state index contributed by atoms with van der Waals surface area (Å²) in [5.74, 6) is 0. The van der Waals surface area contributed by atoms with Gasteiger partial charge in [0, 0.05) is 23.2 Å². The lowest BCUT2D eigenvalue weighted by Crippen LogP contribution is -2.18. The van der Waals surface area contributed by atoms with Crippen LogP contribution in [0.15, 0.2) is 11.4 Å². The maximum atomic E-state index is 6.22. The summed E-state index contributed by atoms with van der Waals surface area (Å²) >= 11 is 7.89. The third-order valence-electron chi connectivity index (χ3n) is 3.05. The van der Waals surface area contributed by atoms with Gasteiger partial charge in [0.2, 0.25) is 0 Å².